The summed E-state index contributed by atoms with van der Waals surface area (Å²) in [5.74, 6) is 0.845. The number of aryl methyl sites for hydroxylation is 1. The van der Waals surface area contributed by atoms with E-state index in [2.05, 4.69) is 17.1 Å². The average molecular weight is 349 g/mol. The molecule has 0 radical (unpaired) electrons. The molecule has 26 heavy (non-hydrogen) atoms. The zero-order chi connectivity index (χ0) is 17.9. The largest absolute Gasteiger partial charge is 0.467 e. The lowest BCUT2D eigenvalue weighted by Gasteiger charge is -2.28. The Morgan fingerprint density at radius 3 is 2.81 bits per heavy atom. The summed E-state index contributed by atoms with van der Waals surface area (Å²) in [6, 6.07) is 13.8. The Hall–Kier alpha value is -2.82. The predicted molar refractivity (Wildman–Crippen MR) is 99.7 cm³/mol. The molecule has 1 fully saturated rings. The SMILES string of the molecule is Cc1ccc(-c2cc(C(=O)N3CCCCC[C@H]3c3ccco3)[nH]n2)cc1. The summed E-state index contributed by atoms with van der Waals surface area (Å²) in [5.41, 5.74) is 3.52. The highest BCUT2D eigenvalue weighted by atomic mass is 16.3. The first kappa shape index (κ1) is 16.6. The van der Waals surface area contributed by atoms with Gasteiger partial charge in [-0.3, -0.25) is 9.89 Å². The molecule has 3 heterocycles. The van der Waals surface area contributed by atoms with Crippen LogP contribution in [0.3, 0.4) is 0 Å². The molecule has 1 atom stereocenters. The zero-order valence-corrected chi connectivity index (χ0v) is 14.9. The number of aromatic nitrogens is 2. The van der Waals surface area contributed by atoms with Crippen molar-refractivity contribution in [3.63, 3.8) is 0 Å². The van der Waals surface area contributed by atoms with Crippen molar-refractivity contribution in [3.05, 3.63) is 65.7 Å². The number of nitrogens with zero attached hydrogens (tertiary/aromatic N) is 2. The van der Waals surface area contributed by atoms with E-state index in [4.69, 9.17) is 4.42 Å². The van der Waals surface area contributed by atoms with Crippen molar-refractivity contribution >= 4 is 5.91 Å². The standard InChI is InChI=1S/C21H23N3O2/c1-15-8-10-16(11-9-15)17-14-18(23-22-17)21(25)24-12-4-2-3-6-19(24)20-7-5-13-26-20/h5,7-11,13-14,19H,2-4,6,12H2,1H3,(H,22,23)/t19-/m0/s1. The number of likely N-dealkylation sites (tertiary alicyclic amines) is 1. The Balaban J connectivity index is 1.60. The summed E-state index contributed by atoms with van der Waals surface area (Å²) in [5, 5.41) is 7.28. The number of benzene rings is 1. The van der Waals surface area contributed by atoms with Crippen LogP contribution in [0.4, 0.5) is 0 Å². The minimum Gasteiger partial charge on any atom is -0.467 e. The molecular formula is C21H23N3O2. The zero-order valence-electron chi connectivity index (χ0n) is 14.9. The topological polar surface area (TPSA) is 62.1 Å². The van der Waals surface area contributed by atoms with Crippen molar-refractivity contribution in [3.8, 4) is 11.3 Å². The van der Waals surface area contributed by atoms with Crippen LogP contribution in [0.15, 0.2) is 53.1 Å². The highest BCUT2D eigenvalue weighted by Crippen LogP contribution is 2.31. The molecule has 3 aromatic rings. The lowest BCUT2D eigenvalue weighted by Crippen LogP contribution is -2.34. The van der Waals surface area contributed by atoms with Gasteiger partial charge in [0.05, 0.1) is 18.0 Å². The van der Waals surface area contributed by atoms with E-state index < -0.39 is 0 Å². The summed E-state index contributed by atoms with van der Waals surface area (Å²) in [7, 11) is 0. The van der Waals surface area contributed by atoms with Crippen LogP contribution < -0.4 is 0 Å². The fourth-order valence-electron chi connectivity index (χ4n) is 3.59. The Kier molecular flexibility index (Phi) is 4.61. The maximum absolute atomic E-state index is 13.2. The van der Waals surface area contributed by atoms with Crippen molar-refractivity contribution < 1.29 is 9.21 Å². The number of nitrogens with one attached hydrogen (secondary N) is 1. The molecular weight excluding hydrogens is 326 g/mol. The van der Waals surface area contributed by atoms with Crippen LogP contribution in [0.25, 0.3) is 11.3 Å². The highest BCUT2D eigenvalue weighted by Gasteiger charge is 2.30. The summed E-state index contributed by atoms with van der Waals surface area (Å²) in [4.78, 5) is 15.1. The van der Waals surface area contributed by atoms with Crippen LogP contribution in [0.5, 0.6) is 0 Å². The maximum Gasteiger partial charge on any atom is 0.272 e. The van der Waals surface area contributed by atoms with Crippen LogP contribution in [-0.2, 0) is 0 Å². The van der Waals surface area contributed by atoms with Gasteiger partial charge in [0.25, 0.3) is 5.91 Å². The maximum atomic E-state index is 13.2. The van der Waals surface area contributed by atoms with Crippen LogP contribution in [0.2, 0.25) is 0 Å². The van der Waals surface area contributed by atoms with E-state index in [0.29, 0.717) is 5.69 Å². The molecule has 0 spiro atoms. The van der Waals surface area contributed by atoms with E-state index in [1.807, 2.05) is 47.4 Å². The molecule has 134 valence electrons. The third kappa shape index (κ3) is 3.29. The molecule has 5 nitrogen and oxygen atoms in total. The van der Waals surface area contributed by atoms with Crippen molar-refractivity contribution in [2.75, 3.05) is 6.54 Å². The minimum atomic E-state index is -0.0147. The highest BCUT2D eigenvalue weighted by molar-refractivity contribution is 5.93. The second-order valence-electron chi connectivity index (χ2n) is 6.91. The molecule has 5 heteroatoms. The minimum absolute atomic E-state index is 0.00822. The van der Waals surface area contributed by atoms with E-state index in [1.165, 1.54) is 5.56 Å². The Bertz CT molecular complexity index is 865. The normalized spacial score (nSPS) is 17.9. The molecule has 1 N–H and O–H groups in total. The molecule has 1 aliphatic heterocycles. The van der Waals surface area contributed by atoms with Crippen LogP contribution in [0.1, 0.15) is 53.5 Å². The average Bonchev–Trinajstić information content (AvgIpc) is 3.30. The van der Waals surface area contributed by atoms with Crippen molar-refractivity contribution in [1.29, 1.82) is 0 Å². The Morgan fingerprint density at radius 2 is 2.04 bits per heavy atom. The predicted octanol–water partition coefficient (Wildman–Crippen LogP) is 4.74. The fourth-order valence-corrected chi connectivity index (χ4v) is 3.59. The van der Waals surface area contributed by atoms with Gasteiger partial charge in [-0.25, -0.2) is 0 Å². The molecule has 0 unspecified atom stereocenters. The molecule has 1 aliphatic rings. The molecule has 0 saturated carbocycles. The molecule has 2 aromatic heterocycles. The first-order valence-electron chi connectivity index (χ1n) is 9.19. The summed E-state index contributed by atoms with van der Waals surface area (Å²) < 4.78 is 5.61. The summed E-state index contributed by atoms with van der Waals surface area (Å²) in [6.07, 6.45) is 5.86. The van der Waals surface area contributed by atoms with Gasteiger partial charge in [0.2, 0.25) is 0 Å². The van der Waals surface area contributed by atoms with Gasteiger partial charge in [-0.15, -0.1) is 0 Å². The van der Waals surface area contributed by atoms with Gasteiger partial charge in [-0.2, -0.15) is 5.10 Å². The summed E-state index contributed by atoms with van der Waals surface area (Å²) in [6.45, 7) is 2.79. The smallest absolute Gasteiger partial charge is 0.272 e. The van der Waals surface area contributed by atoms with Crippen LogP contribution in [0, 0.1) is 6.92 Å². The number of hydrogen-bond acceptors (Lipinski definition) is 3. The van der Waals surface area contributed by atoms with Crippen molar-refractivity contribution in [1.82, 2.24) is 15.1 Å². The van der Waals surface area contributed by atoms with E-state index in [1.54, 1.807) is 6.26 Å². The number of furan rings is 1. The number of aromatic amines is 1. The second-order valence-corrected chi connectivity index (χ2v) is 6.91. The van der Waals surface area contributed by atoms with Gasteiger partial charge in [0.15, 0.2) is 0 Å². The molecule has 1 amide bonds. The molecule has 0 aliphatic carbocycles. The number of carbonyl (C=O) groups is 1. The second kappa shape index (κ2) is 7.20. The number of H-pyrrole nitrogens is 1. The lowest BCUT2D eigenvalue weighted by molar-refractivity contribution is 0.0652. The molecule has 1 saturated heterocycles. The third-order valence-electron chi connectivity index (χ3n) is 5.04. The quantitative estimate of drug-likeness (QED) is 0.743. The Morgan fingerprint density at radius 1 is 1.19 bits per heavy atom. The fraction of sp³-hybridized carbons (Fsp3) is 0.333. The molecule has 0 bridgehead atoms. The Labute approximate surface area is 153 Å². The third-order valence-corrected chi connectivity index (χ3v) is 5.04. The van der Waals surface area contributed by atoms with Gasteiger partial charge in [-0.1, -0.05) is 42.7 Å². The van der Waals surface area contributed by atoms with Crippen molar-refractivity contribution in [2.45, 2.75) is 38.6 Å². The van der Waals surface area contributed by atoms with E-state index in [9.17, 15) is 4.79 Å². The number of rotatable bonds is 3. The first-order chi connectivity index (χ1) is 12.7. The number of amides is 1. The summed E-state index contributed by atoms with van der Waals surface area (Å²) >= 11 is 0. The lowest BCUT2D eigenvalue weighted by atomic mass is 10.1. The van der Waals surface area contributed by atoms with Gasteiger partial charge >= 0.3 is 0 Å². The van der Waals surface area contributed by atoms with Gasteiger partial charge < -0.3 is 9.32 Å². The van der Waals surface area contributed by atoms with Gasteiger partial charge in [0, 0.05) is 12.1 Å². The first-order valence-corrected chi connectivity index (χ1v) is 9.19. The van der Waals surface area contributed by atoms with Crippen LogP contribution in [-0.4, -0.2) is 27.5 Å². The van der Waals surface area contributed by atoms with Gasteiger partial charge in [-0.05, 0) is 38.0 Å². The van der Waals surface area contributed by atoms with Crippen molar-refractivity contribution in [2.24, 2.45) is 0 Å². The van der Waals surface area contributed by atoms with Crippen LogP contribution >= 0.6 is 0 Å². The molecule has 1 aromatic carbocycles. The van der Waals surface area contributed by atoms with E-state index >= 15 is 0 Å². The number of hydrogen-bond donors (Lipinski definition) is 1. The number of carbonyl (C=O) groups excluding carboxylic acids is 1. The molecule has 4 rings (SSSR count). The van der Waals surface area contributed by atoms with E-state index in [0.717, 1.165) is 49.2 Å². The van der Waals surface area contributed by atoms with E-state index in [-0.39, 0.29) is 11.9 Å². The monoisotopic (exact) mass is 349 g/mol. The van der Waals surface area contributed by atoms with Gasteiger partial charge in [0.1, 0.15) is 11.5 Å².